The van der Waals surface area contributed by atoms with Crippen molar-refractivity contribution in [3.8, 4) is 0 Å². The summed E-state index contributed by atoms with van der Waals surface area (Å²) in [5.74, 6) is 1.99. The lowest BCUT2D eigenvalue weighted by atomic mass is 9.80. The Labute approximate surface area is 228 Å². The second kappa shape index (κ2) is 10.9. The highest BCUT2D eigenvalue weighted by Gasteiger charge is 2.36. The number of anilines is 1. The molecule has 3 heterocycles. The van der Waals surface area contributed by atoms with Crippen molar-refractivity contribution in [1.82, 2.24) is 29.8 Å². The fourth-order valence-corrected chi connectivity index (χ4v) is 5.77. The fourth-order valence-electron chi connectivity index (χ4n) is 5.77. The minimum absolute atomic E-state index is 0.0756. The molecule has 5 N–H and O–H groups in total. The molecule has 2 aliphatic carbocycles. The van der Waals surface area contributed by atoms with Crippen LogP contribution in [0.4, 0.5) is 10.6 Å². The van der Waals surface area contributed by atoms with Gasteiger partial charge in [0.1, 0.15) is 11.3 Å². The molecule has 3 aromatic rings. The monoisotopic (exact) mass is 534 g/mol. The van der Waals surface area contributed by atoms with E-state index in [1.54, 1.807) is 25.3 Å². The van der Waals surface area contributed by atoms with E-state index in [2.05, 4.69) is 34.1 Å². The largest absolute Gasteiger partial charge is 0.465 e. The van der Waals surface area contributed by atoms with Crippen LogP contribution in [0, 0.1) is 23.2 Å². The fraction of sp³-hybridized carbons (Fsp3) is 0.571. The number of hydrogen-bond acceptors (Lipinski definition) is 8. The van der Waals surface area contributed by atoms with Gasteiger partial charge in [0.15, 0.2) is 28.7 Å². The summed E-state index contributed by atoms with van der Waals surface area (Å²) in [5, 5.41) is 34.9. The standard InChI is InChI=1S/C28H38N8O3/c1-16-10-12-18(13-11-16)15-36-21-23(31-17(2)19-7-6-8-19)33-25(22(29)32-27(37)38)34-24(21)35-26(36)28(3,39)20-9-4-5-14-30-20/h4-5,9,14,16-19,39H,6-8,10-13,15H2,1-3H3,(H2,29,32)(H,37,38)(H,31,33,34)/t16-,17-,18-,28?/m1/s1. The number of carboxylic acid groups (broad SMARTS) is 1. The average Bonchev–Trinajstić information content (AvgIpc) is 3.23. The quantitative estimate of drug-likeness (QED) is 0.208. The van der Waals surface area contributed by atoms with E-state index in [9.17, 15) is 15.0 Å². The summed E-state index contributed by atoms with van der Waals surface area (Å²) in [6.07, 6.45) is 8.22. The smallest absolute Gasteiger partial charge is 0.410 e. The summed E-state index contributed by atoms with van der Waals surface area (Å²) in [6.45, 7) is 6.73. The number of amidine groups is 1. The molecule has 0 aliphatic heterocycles. The zero-order valence-corrected chi connectivity index (χ0v) is 22.8. The molecule has 0 radical (unpaired) electrons. The molecule has 0 bridgehead atoms. The summed E-state index contributed by atoms with van der Waals surface area (Å²) in [4.78, 5) is 29.6. The van der Waals surface area contributed by atoms with Gasteiger partial charge in [0.2, 0.25) is 0 Å². The molecule has 3 aromatic heterocycles. The predicted molar refractivity (Wildman–Crippen MR) is 148 cm³/mol. The highest BCUT2D eigenvalue weighted by Crippen LogP contribution is 2.37. The van der Waals surface area contributed by atoms with Gasteiger partial charge in [0.25, 0.3) is 0 Å². The van der Waals surface area contributed by atoms with Gasteiger partial charge in [-0.25, -0.2) is 19.7 Å². The first-order chi connectivity index (χ1) is 18.6. The number of carbonyl (C=O) groups is 1. The summed E-state index contributed by atoms with van der Waals surface area (Å²) in [6, 6.07) is 5.52. The molecular weight excluding hydrogens is 496 g/mol. The third-order valence-corrected chi connectivity index (χ3v) is 8.46. The first kappa shape index (κ1) is 27.0. The van der Waals surface area contributed by atoms with E-state index in [0.717, 1.165) is 38.5 Å². The maximum Gasteiger partial charge on any atom is 0.410 e. The second-order valence-corrected chi connectivity index (χ2v) is 11.5. The maximum absolute atomic E-state index is 11.9. The Kier molecular flexibility index (Phi) is 7.53. The van der Waals surface area contributed by atoms with Crippen LogP contribution in [0.25, 0.3) is 11.2 Å². The zero-order valence-electron chi connectivity index (χ0n) is 22.8. The Morgan fingerprint density at radius 2 is 1.92 bits per heavy atom. The molecule has 0 aromatic carbocycles. The molecule has 208 valence electrons. The number of pyridine rings is 1. The maximum atomic E-state index is 11.9. The number of nitrogens with zero attached hydrogens (tertiary/aromatic N) is 5. The molecule has 1 amide bonds. The molecule has 2 aliphatic rings. The van der Waals surface area contributed by atoms with Gasteiger partial charge in [-0.1, -0.05) is 32.3 Å². The molecule has 0 spiro atoms. The first-order valence-electron chi connectivity index (χ1n) is 13.9. The van der Waals surface area contributed by atoms with Crippen LogP contribution in [-0.4, -0.2) is 52.7 Å². The summed E-state index contributed by atoms with van der Waals surface area (Å²) in [5.41, 5.74) is -0.105. The second-order valence-electron chi connectivity index (χ2n) is 11.5. The third kappa shape index (κ3) is 5.59. The minimum Gasteiger partial charge on any atom is -0.465 e. The lowest BCUT2D eigenvalue weighted by molar-refractivity contribution is 0.0820. The van der Waals surface area contributed by atoms with Crippen LogP contribution < -0.4 is 10.6 Å². The van der Waals surface area contributed by atoms with E-state index >= 15 is 0 Å². The van der Waals surface area contributed by atoms with Crippen molar-refractivity contribution in [2.45, 2.75) is 83.9 Å². The highest BCUT2D eigenvalue weighted by molar-refractivity contribution is 6.03. The Morgan fingerprint density at radius 3 is 2.54 bits per heavy atom. The van der Waals surface area contributed by atoms with Gasteiger partial charge in [0.05, 0.1) is 5.69 Å². The molecule has 1 unspecified atom stereocenters. The van der Waals surface area contributed by atoms with Gasteiger partial charge in [-0.3, -0.25) is 15.7 Å². The molecule has 11 nitrogen and oxygen atoms in total. The summed E-state index contributed by atoms with van der Waals surface area (Å²) >= 11 is 0. The number of aliphatic hydroxyl groups is 1. The Bertz CT molecular complexity index is 1340. The number of imidazole rings is 1. The molecule has 2 fully saturated rings. The zero-order chi connectivity index (χ0) is 27.7. The average molecular weight is 535 g/mol. The Morgan fingerprint density at radius 1 is 1.18 bits per heavy atom. The van der Waals surface area contributed by atoms with Gasteiger partial charge in [0, 0.05) is 18.8 Å². The van der Waals surface area contributed by atoms with E-state index < -0.39 is 17.5 Å². The Hall–Kier alpha value is -3.60. The van der Waals surface area contributed by atoms with Crippen LogP contribution in [0.2, 0.25) is 0 Å². The van der Waals surface area contributed by atoms with Crippen molar-refractivity contribution >= 4 is 28.9 Å². The molecule has 39 heavy (non-hydrogen) atoms. The van der Waals surface area contributed by atoms with Gasteiger partial charge in [-0.2, -0.15) is 0 Å². The molecule has 2 atom stereocenters. The topological polar surface area (TPSA) is 162 Å². The van der Waals surface area contributed by atoms with Crippen LogP contribution in [0.15, 0.2) is 24.4 Å². The number of rotatable bonds is 8. The Balaban J connectivity index is 1.67. The number of amides is 1. The van der Waals surface area contributed by atoms with Crippen LogP contribution >= 0.6 is 0 Å². The number of hydrogen-bond donors (Lipinski definition) is 5. The lowest BCUT2D eigenvalue weighted by Crippen LogP contribution is -2.33. The molecular formula is C28H38N8O3. The molecule has 11 heteroatoms. The van der Waals surface area contributed by atoms with E-state index in [4.69, 9.17) is 10.4 Å². The molecule has 5 rings (SSSR count). The number of aromatic nitrogens is 5. The van der Waals surface area contributed by atoms with Crippen LogP contribution in [0.1, 0.15) is 83.1 Å². The summed E-state index contributed by atoms with van der Waals surface area (Å²) < 4.78 is 2.03. The number of fused-ring (bicyclic) bond motifs is 1. The van der Waals surface area contributed by atoms with E-state index in [0.29, 0.717) is 52.8 Å². The van der Waals surface area contributed by atoms with Crippen molar-refractivity contribution < 1.29 is 15.0 Å². The summed E-state index contributed by atoms with van der Waals surface area (Å²) in [7, 11) is 0. The predicted octanol–water partition coefficient (Wildman–Crippen LogP) is 4.50. The van der Waals surface area contributed by atoms with Crippen LogP contribution in [0.3, 0.4) is 0 Å². The third-order valence-electron chi connectivity index (χ3n) is 8.46. The van der Waals surface area contributed by atoms with Crippen LogP contribution in [0.5, 0.6) is 0 Å². The molecule has 2 saturated carbocycles. The minimum atomic E-state index is -1.52. The highest BCUT2D eigenvalue weighted by atomic mass is 16.4. The van der Waals surface area contributed by atoms with Crippen molar-refractivity contribution in [3.05, 3.63) is 41.7 Å². The van der Waals surface area contributed by atoms with Gasteiger partial charge in [-0.15, -0.1) is 0 Å². The normalized spacial score (nSPS) is 22.1. The van der Waals surface area contributed by atoms with Gasteiger partial charge < -0.3 is 20.1 Å². The van der Waals surface area contributed by atoms with E-state index in [-0.39, 0.29) is 11.9 Å². The van der Waals surface area contributed by atoms with Crippen molar-refractivity contribution in [2.75, 3.05) is 5.32 Å². The SMILES string of the molecule is C[C@@H](Nc1nc(C(=N)NC(=O)O)nc2nc(C(C)(O)c3ccccn3)n(C[C@H]3CC[C@H](C)CC3)c12)C1CCC1. The van der Waals surface area contributed by atoms with Crippen molar-refractivity contribution in [3.63, 3.8) is 0 Å². The van der Waals surface area contributed by atoms with E-state index in [1.165, 1.54) is 6.42 Å². The van der Waals surface area contributed by atoms with Crippen LogP contribution in [-0.2, 0) is 12.1 Å². The van der Waals surface area contributed by atoms with E-state index in [1.807, 2.05) is 16.0 Å². The van der Waals surface area contributed by atoms with Crippen molar-refractivity contribution in [1.29, 1.82) is 5.41 Å². The van der Waals surface area contributed by atoms with Crippen molar-refractivity contribution in [2.24, 2.45) is 17.8 Å². The molecule has 0 saturated heterocycles. The lowest BCUT2D eigenvalue weighted by Gasteiger charge is -2.33. The first-order valence-corrected chi connectivity index (χ1v) is 13.9. The number of nitrogens with one attached hydrogen (secondary N) is 3. The van der Waals surface area contributed by atoms with Gasteiger partial charge in [-0.05, 0) is 69.4 Å². The van der Waals surface area contributed by atoms with Gasteiger partial charge >= 0.3 is 6.09 Å².